The Morgan fingerprint density at radius 1 is 1.00 bits per heavy atom. The fourth-order valence-corrected chi connectivity index (χ4v) is 4.22. The van der Waals surface area contributed by atoms with Gasteiger partial charge in [0, 0.05) is 32.8 Å². The van der Waals surface area contributed by atoms with Gasteiger partial charge in [0.2, 0.25) is 0 Å². The largest absolute Gasteiger partial charge is 0.494 e. The summed E-state index contributed by atoms with van der Waals surface area (Å²) in [5.41, 5.74) is 3.28. The second-order valence-electron chi connectivity index (χ2n) is 8.16. The highest BCUT2D eigenvalue weighted by Crippen LogP contribution is 2.37. The van der Waals surface area contributed by atoms with Crippen LogP contribution in [-0.4, -0.2) is 50.8 Å². The van der Waals surface area contributed by atoms with E-state index in [1.54, 1.807) is 31.2 Å². The summed E-state index contributed by atoms with van der Waals surface area (Å²) in [6.07, 6.45) is 2.42. The summed E-state index contributed by atoms with van der Waals surface area (Å²) in [4.78, 5) is 14.5. The Balaban J connectivity index is 1.62. The number of methoxy groups -OCH3 is 1. The number of hydrogen-bond acceptors (Lipinski definition) is 4. The molecule has 1 aliphatic rings. The highest BCUT2D eigenvalue weighted by molar-refractivity contribution is 5.98. The van der Waals surface area contributed by atoms with E-state index in [-0.39, 0.29) is 11.7 Å². The van der Waals surface area contributed by atoms with E-state index >= 15 is 0 Å². The number of ether oxygens (including phenoxy) is 1. The molecule has 1 aliphatic heterocycles. The second-order valence-corrected chi connectivity index (χ2v) is 8.16. The molecule has 168 valence electrons. The molecule has 3 heterocycles. The average molecular weight is 445 g/mol. The molecular weight excluding hydrogens is 421 g/mol. The molecule has 2 aromatic heterocycles. The number of likely N-dealkylation sites (N-methyl/N-ethyl adjacent to an activating group) is 1. The third-order valence-electron chi connectivity index (χ3n) is 5.99. The van der Waals surface area contributed by atoms with Crippen molar-refractivity contribution in [2.75, 3.05) is 20.7 Å². The number of carbonyl (C=O) groups is 1. The first-order chi connectivity index (χ1) is 16.0. The van der Waals surface area contributed by atoms with Crippen LogP contribution in [0, 0.1) is 5.82 Å². The monoisotopic (exact) mass is 445 g/mol. The number of carbonyl (C=O) groups excluding carboxylic acids is 1. The summed E-state index contributed by atoms with van der Waals surface area (Å²) in [6, 6.07) is 16.4. The Morgan fingerprint density at radius 3 is 2.48 bits per heavy atom. The molecule has 0 saturated heterocycles. The van der Waals surface area contributed by atoms with Crippen LogP contribution >= 0.6 is 0 Å². The molecule has 0 spiro atoms. The summed E-state index contributed by atoms with van der Waals surface area (Å²) in [6.45, 7) is 1.87. The van der Waals surface area contributed by atoms with Crippen LogP contribution in [0.5, 0.6) is 5.75 Å². The van der Waals surface area contributed by atoms with Gasteiger partial charge in [-0.25, -0.2) is 4.39 Å². The third-order valence-corrected chi connectivity index (χ3v) is 5.99. The number of hydrogen-bond donors (Lipinski definition) is 0. The lowest BCUT2D eigenvalue weighted by Gasteiger charge is -2.24. The van der Waals surface area contributed by atoms with Gasteiger partial charge in [0.25, 0.3) is 5.91 Å². The first-order valence-electron chi connectivity index (χ1n) is 10.8. The maximum atomic E-state index is 13.4. The predicted octanol–water partition coefficient (Wildman–Crippen LogP) is 3.62. The highest BCUT2D eigenvalue weighted by atomic mass is 19.1. The fraction of sp³-hybridized carbons (Fsp3) is 0.240. The van der Waals surface area contributed by atoms with E-state index < -0.39 is 0 Å². The molecule has 0 bridgehead atoms. The SMILES string of the molecule is COc1c(-c2nnc(Cc3ccc(F)cc3)n2Cc2ccccc2)cn2c1C(=O)N(C)CC2. The molecule has 5 rings (SSSR count). The molecule has 2 aromatic carbocycles. The quantitative estimate of drug-likeness (QED) is 0.455. The number of halogens is 1. The molecule has 33 heavy (non-hydrogen) atoms. The van der Waals surface area contributed by atoms with E-state index in [0.29, 0.717) is 43.3 Å². The third kappa shape index (κ3) is 3.88. The van der Waals surface area contributed by atoms with Gasteiger partial charge in [-0.2, -0.15) is 0 Å². The highest BCUT2D eigenvalue weighted by Gasteiger charge is 2.31. The number of fused-ring (bicyclic) bond motifs is 1. The van der Waals surface area contributed by atoms with Crippen LogP contribution in [0.4, 0.5) is 4.39 Å². The van der Waals surface area contributed by atoms with E-state index in [2.05, 4.69) is 10.2 Å². The predicted molar refractivity (Wildman–Crippen MR) is 122 cm³/mol. The summed E-state index contributed by atoms with van der Waals surface area (Å²) >= 11 is 0. The minimum absolute atomic E-state index is 0.0787. The minimum Gasteiger partial charge on any atom is -0.494 e. The number of aromatic nitrogens is 4. The summed E-state index contributed by atoms with van der Waals surface area (Å²) in [5, 5.41) is 8.99. The molecule has 4 aromatic rings. The Morgan fingerprint density at radius 2 is 1.76 bits per heavy atom. The molecule has 8 heteroatoms. The van der Waals surface area contributed by atoms with Crippen molar-refractivity contribution in [3.05, 3.63) is 89.3 Å². The van der Waals surface area contributed by atoms with Gasteiger partial charge in [-0.05, 0) is 23.3 Å². The van der Waals surface area contributed by atoms with Gasteiger partial charge in [-0.1, -0.05) is 42.5 Å². The van der Waals surface area contributed by atoms with Crippen molar-refractivity contribution in [2.24, 2.45) is 0 Å². The molecule has 0 radical (unpaired) electrons. The molecule has 0 saturated carbocycles. The molecule has 1 amide bonds. The molecule has 0 atom stereocenters. The van der Waals surface area contributed by atoms with E-state index in [1.807, 2.05) is 45.7 Å². The normalized spacial score (nSPS) is 13.3. The lowest BCUT2D eigenvalue weighted by atomic mass is 10.1. The van der Waals surface area contributed by atoms with Crippen LogP contribution in [0.1, 0.15) is 27.4 Å². The molecule has 0 aliphatic carbocycles. The van der Waals surface area contributed by atoms with E-state index in [1.165, 1.54) is 12.1 Å². The van der Waals surface area contributed by atoms with Crippen LogP contribution in [0.2, 0.25) is 0 Å². The van der Waals surface area contributed by atoms with Crippen molar-refractivity contribution in [3.8, 4) is 17.1 Å². The lowest BCUT2D eigenvalue weighted by Crippen LogP contribution is -2.36. The van der Waals surface area contributed by atoms with Gasteiger partial charge in [0.05, 0.1) is 19.2 Å². The smallest absolute Gasteiger partial charge is 0.274 e. The number of rotatable bonds is 6. The van der Waals surface area contributed by atoms with Crippen molar-refractivity contribution in [3.63, 3.8) is 0 Å². The second kappa shape index (κ2) is 8.54. The zero-order chi connectivity index (χ0) is 22.9. The van der Waals surface area contributed by atoms with E-state index in [4.69, 9.17) is 4.74 Å². The van der Waals surface area contributed by atoms with Crippen molar-refractivity contribution >= 4 is 5.91 Å². The topological polar surface area (TPSA) is 65.2 Å². The zero-order valence-electron chi connectivity index (χ0n) is 18.5. The van der Waals surface area contributed by atoms with Gasteiger partial charge in [0.1, 0.15) is 11.6 Å². The van der Waals surface area contributed by atoms with Crippen molar-refractivity contribution in [2.45, 2.75) is 19.5 Å². The van der Waals surface area contributed by atoms with Crippen LogP contribution in [0.25, 0.3) is 11.4 Å². The molecular formula is C25H24FN5O2. The Bertz CT molecular complexity index is 1290. The van der Waals surface area contributed by atoms with Crippen LogP contribution < -0.4 is 4.74 Å². The van der Waals surface area contributed by atoms with Gasteiger partial charge in [-0.3, -0.25) is 4.79 Å². The Labute approximate surface area is 191 Å². The van der Waals surface area contributed by atoms with Crippen LogP contribution in [0.3, 0.4) is 0 Å². The Hall–Kier alpha value is -3.94. The average Bonchev–Trinajstić information content (AvgIpc) is 3.39. The Kier molecular flexibility index (Phi) is 5.42. The van der Waals surface area contributed by atoms with Crippen molar-refractivity contribution in [1.82, 2.24) is 24.2 Å². The van der Waals surface area contributed by atoms with E-state index in [0.717, 1.165) is 22.5 Å². The number of nitrogens with zero attached hydrogens (tertiary/aromatic N) is 5. The maximum absolute atomic E-state index is 13.4. The first kappa shape index (κ1) is 20.9. The molecule has 0 N–H and O–H groups in total. The summed E-state index contributed by atoms with van der Waals surface area (Å²) < 4.78 is 23.1. The van der Waals surface area contributed by atoms with E-state index in [9.17, 15) is 9.18 Å². The standard InChI is InChI=1S/C25H24FN5O2/c1-29-12-13-30-16-20(23(33-2)22(30)25(29)32)24-28-27-21(14-17-8-10-19(26)11-9-17)31(24)15-18-6-4-3-5-7-18/h3-11,16H,12-15H2,1-2H3. The number of benzene rings is 2. The molecule has 0 unspecified atom stereocenters. The lowest BCUT2D eigenvalue weighted by molar-refractivity contribution is 0.0745. The minimum atomic E-state index is -0.274. The van der Waals surface area contributed by atoms with Crippen molar-refractivity contribution in [1.29, 1.82) is 0 Å². The maximum Gasteiger partial charge on any atom is 0.274 e. The van der Waals surface area contributed by atoms with Crippen molar-refractivity contribution < 1.29 is 13.9 Å². The zero-order valence-corrected chi connectivity index (χ0v) is 18.5. The van der Waals surface area contributed by atoms with Crippen LogP contribution in [-0.2, 0) is 19.5 Å². The molecule has 7 nitrogen and oxygen atoms in total. The number of amides is 1. The van der Waals surface area contributed by atoms with Crippen LogP contribution in [0.15, 0.2) is 60.8 Å². The van der Waals surface area contributed by atoms with Gasteiger partial charge < -0.3 is 18.8 Å². The van der Waals surface area contributed by atoms with Gasteiger partial charge in [0.15, 0.2) is 17.3 Å². The summed E-state index contributed by atoms with van der Waals surface area (Å²) in [7, 11) is 3.36. The molecule has 0 fully saturated rings. The fourth-order valence-electron chi connectivity index (χ4n) is 4.22. The van der Waals surface area contributed by atoms with Gasteiger partial charge >= 0.3 is 0 Å². The van der Waals surface area contributed by atoms with Gasteiger partial charge in [-0.15, -0.1) is 10.2 Å². The first-order valence-corrected chi connectivity index (χ1v) is 10.8. The summed E-state index contributed by atoms with van der Waals surface area (Å²) in [5.74, 6) is 1.52.